The zero-order valence-electron chi connectivity index (χ0n) is 46.5. The highest BCUT2D eigenvalue weighted by molar-refractivity contribution is 5.99. The summed E-state index contributed by atoms with van der Waals surface area (Å²) in [5, 5.41) is 58.8. The van der Waals surface area contributed by atoms with E-state index in [1.807, 2.05) is 0 Å². The van der Waals surface area contributed by atoms with Crippen LogP contribution in [0.25, 0.3) is 0 Å². The van der Waals surface area contributed by atoms with Crippen molar-refractivity contribution in [2.45, 2.75) is 167 Å². The first-order valence-corrected chi connectivity index (χ1v) is 26.7. The minimum atomic E-state index is -1.82. The van der Waals surface area contributed by atoms with Crippen LogP contribution in [0.2, 0.25) is 0 Å². The highest BCUT2D eigenvalue weighted by Gasteiger charge is 2.37. The number of aromatic hydroxyl groups is 1. The minimum Gasteiger partial charge on any atom is -0.508 e. The first kappa shape index (κ1) is 68.9. The Kier molecular flexibility index (Phi) is 29.5. The van der Waals surface area contributed by atoms with Gasteiger partial charge in [-0.1, -0.05) is 90.4 Å². The van der Waals surface area contributed by atoms with Crippen LogP contribution in [-0.4, -0.2) is 152 Å². The maximum absolute atomic E-state index is 14.4. The molecule has 0 saturated heterocycles. The molecule has 9 amide bonds. The Morgan fingerprint density at radius 2 is 0.877 bits per heavy atom. The molecule has 27 nitrogen and oxygen atoms in total. The van der Waals surface area contributed by atoms with Gasteiger partial charge in [0.05, 0.1) is 12.5 Å². The SMILES string of the molecule is CCC(C)C(N)C(=O)NC(CC(N)=O)C(=O)NC(Cc1ccc(O)cc1)C(=O)NC(CCC(=O)O)C(=O)NC(CCC(=O)O)C(=O)NC(Cc1ccccc1)C(=O)NC(C(=O)NC(CCCCN)C(=O)NC(C(=O)O)C(C)C)C(C)C. The van der Waals surface area contributed by atoms with Crippen LogP contribution < -0.4 is 59.7 Å². The molecule has 10 unspecified atom stereocenters. The van der Waals surface area contributed by atoms with E-state index < -0.39 is 169 Å². The van der Waals surface area contributed by atoms with Gasteiger partial charge in [0.1, 0.15) is 54.1 Å². The molecular weight excluding hydrogens is 1060 g/mol. The third kappa shape index (κ3) is 24.8. The molecule has 0 radical (unpaired) electrons. The summed E-state index contributed by atoms with van der Waals surface area (Å²) in [6, 6.07) is 0.0404. The fourth-order valence-electron chi connectivity index (χ4n) is 8.07. The van der Waals surface area contributed by atoms with Crippen molar-refractivity contribution in [3.63, 3.8) is 0 Å². The second-order valence-corrected chi connectivity index (χ2v) is 20.5. The predicted molar refractivity (Wildman–Crippen MR) is 293 cm³/mol. The van der Waals surface area contributed by atoms with Crippen LogP contribution in [0.1, 0.15) is 110 Å². The molecule has 2 rings (SSSR count). The molecule has 0 aliphatic carbocycles. The normalized spacial score (nSPS) is 14.8. The van der Waals surface area contributed by atoms with Gasteiger partial charge in [-0.15, -0.1) is 0 Å². The molecule has 0 aliphatic heterocycles. The van der Waals surface area contributed by atoms with Crippen LogP contribution in [0.5, 0.6) is 5.75 Å². The number of benzene rings is 2. The number of nitrogens with two attached hydrogens (primary N) is 3. The Bertz CT molecular complexity index is 2480. The van der Waals surface area contributed by atoms with Gasteiger partial charge in [-0.2, -0.15) is 0 Å². The van der Waals surface area contributed by atoms with E-state index in [0.717, 1.165) is 0 Å². The standard InChI is InChI=1S/C54H81N11O16/c1-7-30(6)43(57)52(78)63-39(27-40(56)67)50(76)62-37(26-32-16-18-33(66)19-17-32)49(75)59-35(20-22-41(68)69)46(72)58-36(21-23-42(70)71)47(73)61-38(25-31-13-9-8-10-14-31)51(77)64-44(28(2)3)53(79)60-34(15-11-12-24-55)48(74)65-45(29(4)5)54(80)81/h8-10,13-14,16-19,28-30,34-39,43-45,66H,7,11-12,15,20-27,55,57H2,1-6H3,(H2,56,67)(H,58,72)(H,59,75)(H,60,79)(H,61,73)(H,62,76)(H,63,78)(H,64,77)(H,65,74)(H,68,69)(H,70,71)(H,80,81). The monoisotopic (exact) mass is 1140 g/mol. The fourth-order valence-corrected chi connectivity index (χ4v) is 8.07. The van der Waals surface area contributed by atoms with Gasteiger partial charge in [-0.25, -0.2) is 4.79 Å². The van der Waals surface area contributed by atoms with Gasteiger partial charge in [0.2, 0.25) is 53.2 Å². The van der Waals surface area contributed by atoms with Gasteiger partial charge in [0.15, 0.2) is 0 Å². The number of unbranched alkanes of at least 4 members (excludes halogenated alkanes) is 1. The van der Waals surface area contributed by atoms with Crippen molar-refractivity contribution in [2.75, 3.05) is 6.54 Å². The van der Waals surface area contributed by atoms with Crippen LogP contribution in [-0.2, 0) is 70.4 Å². The smallest absolute Gasteiger partial charge is 0.326 e. The van der Waals surface area contributed by atoms with E-state index in [-0.39, 0.29) is 37.5 Å². The third-order valence-corrected chi connectivity index (χ3v) is 13.1. The number of aliphatic carboxylic acids is 3. The second kappa shape index (κ2) is 34.7. The van der Waals surface area contributed by atoms with E-state index in [1.165, 1.54) is 24.3 Å². The van der Waals surface area contributed by atoms with Crippen molar-refractivity contribution in [1.29, 1.82) is 0 Å². The Morgan fingerprint density at radius 1 is 0.481 bits per heavy atom. The molecule has 448 valence electrons. The van der Waals surface area contributed by atoms with Gasteiger partial charge in [-0.05, 0) is 79.7 Å². The molecule has 18 N–H and O–H groups in total. The predicted octanol–water partition coefficient (Wildman–Crippen LogP) is -1.44. The molecule has 27 heteroatoms. The van der Waals surface area contributed by atoms with E-state index in [1.54, 1.807) is 71.9 Å². The number of phenolic OH excluding ortho intramolecular Hbond substituents is 1. The van der Waals surface area contributed by atoms with Crippen molar-refractivity contribution in [3.8, 4) is 5.75 Å². The molecule has 0 spiro atoms. The van der Waals surface area contributed by atoms with E-state index >= 15 is 0 Å². The Balaban J connectivity index is 2.58. The quantitative estimate of drug-likeness (QED) is 0.0345. The fraction of sp³-hybridized carbons (Fsp3) is 0.556. The second-order valence-electron chi connectivity index (χ2n) is 20.5. The van der Waals surface area contributed by atoms with Crippen LogP contribution in [0.4, 0.5) is 0 Å². The lowest BCUT2D eigenvalue weighted by molar-refractivity contribution is -0.143. The van der Waals surface area contributed by atoms with E-state index in [9.17, 15) is 78.0 Å². The molecule has 2 aromatic rings. The average molecular weight is 1140 g/mol. The largest absolute Gasteiger partial charge is 0.508 e. The summed E-state index contributed by atoms with van der Waals surface area (Å²) in [5.41, 5.74) is 18.0. The number of primary amides is 1. The molecule has 0 heterocycles. The molecular formula is C54H81N11O16. The number of nitrogens with one attached hydrogen (secondary N) is 8. The summed E-state index contributed by atoms with van der Waals surface area (Å²) in [4.78, 5) is 160. The van der Waals surface area contributed by atoms with Gasteiger partial charge < -0.3 is 80.2 Å². The summed E-state index contributed by atoms with van der Waals surface area (Å²) >= 11 is 0. The van der Waals surface area contributed by atoms with E-state index in [0.29, 0.717) is 30.4 Å². The number of hydrogen-bond donors (Lipinski definition) is 15. The Labute approximate surface area is 469 Å². The molecule has 0 aliphatic rings. The summed E-state index contributed by atoms with van der Waals surface area (Å²) in [5.74, 6) is -14.8. The van der Waals surface area contributed by atoms with Crippen LogP contribution >= 0.6 is 0 Å². The number of phenols is 1. The highest BCUT2D eigenvalue weighted by Crippen LogP contribution is 2.15. The molecule has 0 fully saturated rings. The van der Waals surface area contributed by atoms with Crippen molar-refractivity contribution >= 4 is 71.1 Å². The van der Waals surface area contributed by atoms with Crippen LogP contribution in [0.15, 0.2) is 54.6 Å². The van der Waals surface area contributed by atoms with Gasteiger partial charge >= 0.3 is 17.9 Å². The van der Waals surface area contributed by atoms with E-state index in [4.69, 9.17) is 17.2 Å². The Morgan fingerprint density at radius 3 is 1.32 bits per heavy atom. The highest BCUT2D eigenvalue weighted by atomic mass is 16.4. The maximum Gasteiger partial charge on any atom is 0.326 e. The Hall–Kier alpha value is -8.20. The lowest BCUT2D eigenvalue weighted by Crippen LogP contribution is -2.61. The lowest BCUT2D eigenvalue weighted by Gasteiger charge is -2.29. The summed E-state index contributed by atoms with van der Waals surface area (Å²) in [6.07, 6.45) is -2.74. The molecule has 81 heavy (non-hydrogen) atoms. The zero-order valence-corrected chi connectivity index (χ0v) is 46.5. The summed E-state index contributed by atoms with van der Waals surface area (Å²) in [6.45, 7) is 10.1. The third-order valence-electron chi connectivity index (χ3n) is 13.1. The topological polar surface area (TPSA) is 460 Å². The number of hydrogen-bond acceptors (Lipinski definition) is 15. The number of carboxylic acid groups (broad SMARTS) is 3. The number of carbonyl (C=O) groups is 12. The van der Waals surface area contributed by atoms with Gasteiger partial charge in [-0.3, -0.25) is 52.7 Å². The zero-order chi connectivity index (χ0) is 61.1. The number of amides is 9. The maximum atomic E-state index is 14.4. The summed E-state index contributed by atoms with van der Waals surface area (Å²) in [7, 11) is 0. The minimum absolute atomic E-state index is 0.0559. The van der Waals surface area contributed by atoms with Crippen molar-refractivity contribution in [1.82, 2.24) is 42.5 Å². The van der Waals surface area contributed by atoms with Crippen LogP contribution in [0.3, 0.4) is 0 Å². The first-order valence-electron chi connectivity index (χ1n) is 26.7. The number of carbonyl (C=O) groups excluding carboxylic acids is 9. The van der Waals surface area contributed by atoms with Gasteiger partial charge in [0.25, 0.3) is 0 Å². The van der Waals surface area contributed by atoms with Crippen molar-refractivity contribution in [2.24, 2.45) is 35.0 Å². The van der Waals surface area contributed by atoms with E-state index in [2.05, 4.69) is 42.5 Å². The van der Waals surface area contributed by atoms with Crippen molar-refractivity contribution in [3.05, 3.63) is 65.7 Å². The lowest BCUT2D eigenvalue weighted by atomic mass is 9.98. The summed E-state index contributed by atoms with van der Waals surface area (Å²) < 4.78 is 0. The number of carboxylic acids is 3. The molecule has 0 saturated carbocycles. The average Bonchev–Trinajstić information content (AvgIpc) is 3.40. The molecule has 0 aromatic heterocycles. The number of rotatable bonds is 37. The first-order chi connectivity index (χ1) is 38.1. The van der Waals surface area contributed by atoms with Crippen molar-refractivity contribution < 1.29 is 78.0 Å². The molecule has 2 aromatic carbocycles. The molecule has 0 bridgehead atoms. The van der Waals surface area contributed by atoms with Crippen LogP contribution in [0, 0.1) is 17.8 Å². The van der Waals surface area contributed by atoms with Gasteiger partial charge in [0, 0.05) is 25.7 Å². The molecule has 10 atom stereocenters.